The molecule has 3 heteroatoms. The van der Waals surface area contributed by atoms with E-state index >= 15 is 0 Å². The van der Waals surface area contributed by atoms with E-state index in [0.717, 1.165) is 38.5 Å². The molecule has 0 aromatic heterocycles. The van der Waals surface area contributed by atoms with E-state index in [-0.39, 0.29) is 0 Å². The summed E-state index contributed by atoms with van der Waals surface area (Å²) in [6.45, 7) is 1.67. The summed E-state index contributed by atoms with van der Waals surface area (Å²) in [6.07, 6.45) is 20.9. The largest absolute Gasteiger partial charge is 0.481 e. The molecular weight excluding hydrogens is 288 g/mol. The number of unbranched alkanes of at least 4 members (excludes halogenated alkanes) is 11. The van der Waals surface area contributed by atoms with Gasteiger partial charge in [-0.2, -0.15) is 0 Å². The summed E-state index contributed by atoms with van der Waals surface area (Å²) >= 11 is 0. The quantitative estimate of drug-likeness (QED) is 0.261. The molecule has 0 aromatic carbocycles. The summed E-state index contributed by atoms with van der Waals surface area (Å²) in [5.41, 5.74) is 0. The highest BCUT2D eigenvalue weighted by Crippen LogP contribution is 2.10. The van der Waals surface area contributed by atoms with Gasteiger partial charge in [0.25, 0.3) is 0 Å². The fourth-order valence-electron chi connectivity index (χ4n) is 2.65. The first-order valence-electron chi connectivity index (χ1n) is 9.49. The van der Waals surface area contributed by atoms with Crippen LogP contribution in [0, 0.1) is 0 Å². The summed E-state index contributed by atoms with van der Waals surface area (Å²) in [7, 11) is 0. The van der Waals surface area contributed by atoms with Crippen LogP contribution in [-0.4, -0.2) is 16.9 Å². The van der Waals surface area contributed by atoms with Crippen molar-refractivity contribution >= 4 is 11.8 Å². The standard InChI is InChI=1S/C20H36O3/c1-19(21)17-15-13-11-9-7-5-3-2-4-6-8-10-12-14-16-18-20(22)23/h2,4H,3,5-18H2,1H3,(H,22,23)/b4-2-. The number of aliphatic carboxylic acids is 1. The Bertz CT molecular complexity index is 321. The van der Waals surface area contributed by atoms with Crippen LogP contribution < -0.4 is 0 Å². The summed E-state index contributed by atoms with van der Waals surface area (Å²) in [4.78, 5) is 21.1. The van der Waals surface area contributed by atoms with Crippen LogP contribution in [-0.2, 0) is 9.59 Å². The number of carbonyl (C=O) groups is 2. The first kappa shape index (κ1) is 21.9. The summed E-state index contributed by atoms with van der Waals surface area (Å²) < 4.78 is 0. The molecule has 0 aromatic rings. The molecule has 0 aliphatic rings. The third-order valence-corrected chi connectivity index (χ3v) is 4.08. The van der Waals surface area contributed by atoms with E-state index in [2.05, 4.69) is 12.2 Å². The van der Waals surface area contributed by atoms with Crippen LogP contribution >= 0.6 is 0 Å². The molecule has 0 saturated carbocycles. The molecule has 0 saturated heterocycles. The van der Waals surface area contributed by atoms with Crippen LogP contribution in [0.4, 0.5) is 0 Å². The van der Waals surface area contributed by atoms with Crippen LogP contribution in [0.15, 0.2) is 12.2 Å². The van der Waals surface area contributed by atoms with Gasteiger partial charge < -0.3 is 9.90 Å². The Kier molecular flexibility index (Phi) is 16.4. The Hall–Kier alpha value is -1.12. The van der Waals surface area contributed by atoms with Crippen molar-refractivity contribution in [2.24, 2.45) is 0 Å². The van der Waals surface area contributed by atoms with Gasteiger partial charge in [0.1, 0.15) is 5.78 Å². The summed E-state index contributed by atoms with van der Waals surface area (Å²) in [6, 6.07) is 0. The Morgan fingerprint density at radius 2 is 1.04 bits per heavy atom. The van der Waals surface area contributed by atoms with Gasteiger partial charge in [0.05, 0.1) is 0 Å². The predicted molar refractivity (Wildman–Crippen MR) is 96.7 cm³/mol. The average Bonchev–Trinajstić information content (AvgIpc) is 2.49. The fourth-order valence-corrected chi connectivity index (χ4v) is 2.65. The van der Waals surface area contributed by atoms with Crippen molar-refractivity contribution in [3.63, 3.8) is 0 Å². The lowest BCUT2D eigenvalue weighted by atomic mass is 10.1. The topological polar surface area (TPSA) is 54.4 Å². The van der Waals surface area contributed by atoms with Crippen molar-refractivity contribution in [3.05, 3.63) is 12.2 Å². The van der Waals surface area contributed by atoms with Gasteiger partial charge in [0.15, 0.2) is 0 Å². The molecule has 0 aliphatic carbocycles. The van der Waals surface area contributed by atoms with E-state index in [0.29, 0.717) is 12.2 Å². The van der Waals surface area contributed by atoms with E-state index in [1.165, 1.54) is 51.4 Å². The van der Waals surface area contributed by atoms with E-state index < -0.39 is 5.97 Å². The Morgan fingerprint density at radius 1 is 0.652 bits per heavy atom. The molecule has 1 N–H and O–H groups in total. The van der Waals surface area contributed by atoms with Gasteiger partial charge in [0.2, 0.25) is 0 Å². The lowest BCUT2D eigenvalue weighted by molar-refractivity contribution is -0.137. The first-order chi connectivity index (χ1) is 11.1. The molecule has 3 nitrogen and oxygen atoms in total. The SMILES string of the molecule is CC(=O)CCCCCCCC/C=C\CCCCCCCC(=O)O. The van der Waals surface area contributed by atoms with Gasteiger partial charge in [-0.1, -0.05) is 57.1 Å². The highest BCUT2D eigenvalue weighted by Gasteiger charge is 1.96. The second-order valence-corrected chi connectivity index (χ2v) is 6.53. The molecule has 0 unspecified atom stereocenters. The number of hydrogen-bond acceptors (Lipinski definition) is 2. The predicted octanol–water partition coefficient (Wildman–Crippen LogP) is 6.07. The molecular formula is C20H36O3. The monoisotopic (exact) mass is 324 g/mol. The number of rotatable bonds is 17. The van der Waals surface area contributed by atoms with Crippen molar-refractivity contribution < 1.29 is 14.7 Å². The van der Waals surface area contributed by atoms with Gasteiger partial charge >= 0.3 is 5.97 Å². The number of carboxylic acids is 1. The molecule has 0 fully saturated rings. The molecule has 134 valence electrons. The highest BCUT2D eigenvalue weighted by atomic mass is 16.4. The van der Waals surface area contributed by atoms with Crippen LogP contribution in [0.25, 0.3) is 0 Å². The van der Waals surface area contributed by atoms with E-state index in [4.69, 9.17) is 5.11 Å². The van der Waals surface area contributed by atoms with Crippen LogP contribution in [0.5, 0.6) is 0 Å². The van der Waals surface area contributed by atoms with Gasteiger partial charge in [-0.3, -0.25) is 4.79 Å². The van der Waals surface area contributed by atoms with E-state index in [1.807, 2.05) is 0 Å². The van der Waals surface area contributed by atoms with E-state index in [9.17, 15) is 9.59 Å². The maximum atomic E-state index is 10.8. The second-order valence-electron chi connectivity index (χ2n) is 6.53. The Labute approximate surface area is 142 Å². The molecule has 23 heavy (non-hydrogen) atoms. The van der Waals surface area contributed by atoms with Crippen molar-refractivity contribution in [1.82, 2.24) is 0 Å². The minimum Gasteiger partial charge on any atom is -0.481 e. The minimum absolute atomic E-state index is 0.315. The average molecular weight is 325 g/mol. The fraction of sp³-hybridized carbons (Fsp3) is 0.800. The molecule has 0 atom stereocenters. The number of ketones is 1. The van der Waals surface area contributed by atoms with Crippen molar-refractivity contribution in [2.45, 2.75) is 103 Å². The van der Waals surface area contributed by atoms with Gasteiger partial charge in [-0.05, 0) is 45.4 Å². The second kappa shape index (κ2) is 17.2. The third-order valence-electron chi connectivity index (χ3n) is 4.08. The van der Waals surface area contributed by atoms with Crippen LogP contribution in [0.1, 0.15) is 103 Å². The van der Waals surface area contributed by atoms with Crippen LogP contribution in [0.3, 0.4) is 0 Å². The molecule has 0 amide bonds. The maximum absolute atomic E-state index is 10.8. The minimum atomic E-state index is -0.677. The van der Waals surface area contributed by atoms with E-state index in [1.54, 1.807) is 6.92 Å². The lowest BCUT2D eigenvalue weighted by Gasteiger charge is -2.00. The highest BCUT2D eigenvalue weighted by molar-refractivity contribution is 5.75. The Balaban J connectivity index is 3.11. The number of Topliss-reactive ketones (excluding diaryl/α,β-unsaturated/α-hetero) is 1. The van der Waals surface area contributed by atoms with Crippen molar-refractivity contribution in [3.8, 4) is 0 Å². The summed E-state index contributed by atoms with van der Waals surface area (Å²) in [5, 5.41) is 8.53. The lowest BCUT2D eigenvalue weighted by Crippen LogP contribution is -1.93. The molecule has 0 spiro atoms. The van der Waals surface area contributed by atoms with Gasteiger partial charge in [-0.25, -0.2) is 0 Å². The Morgan fingerprint density at radius 3 is 1.48 bits per heavy atom. The molecule has 0 bridgehead atoms. The zero-order chi connectivity index (χ0) is 17.2. The number of carbonyl (C=O) groups excluding carboxylic acids is 1. The van der Waals surface area contributed by atoms with Crippen molar-refractivity contribution in [1.29, 1.82) is 0 Å². The normalized spacial score (nSPS) is 11.2. The maximum Gasteiger partial charge on any atom is 0.303 e. The van der Waals surface area contributed by atoms with Gasteiger partial charge in [0, 0.05) is 12.8 Å². The molecule has 0 radical (unpaired) electrons. The number of allylic oxidation sites excluding steroid dienone is 2. The van der Waals surface area contributed by atoms with Crippen LogP contribution in [0.2, 0.25) is 0 Å². The van der Waals surface area contributed by atoms with Gasteiger partial charge in [-0.15, -0.1) is 0 Å². The summed E-state index contributed by atoms with van der Waals surface area (Å²) in [5.74, 6) is -0.362. The first-order valence-corrected chi connectivity index (χ1v) is 9.49. The molecule has 0 heterocycles. The zero-order valence-corrected chi connectivity index (χ0v) is 15.0. The van der Waals surface area contributed by atoms with Crippen molar-refractivity contribution in [2.75, 3.05) is 0 Å². The number of carboxylic acid groups (broad SMARTS) is 1. The molecule has 0 aliphatic heterocycles. The molecule has 0 rings (SSSR count). The zero-order valence-electron chi connectivity index (χ0n) is 15.0. The third kappa shape index (κ3) is 20.9. The number of hydrogen-bond donors (Lipinski definition) is 1. The smallest absolute Gasteiger partial charge is 0.303 e.